The van der Waals surface area contributed by atoms with E-state index < -0.39 is 12.1 Å². The van der Waals surface area contributed by atoms with Crippen molar-refractivity contribution in [3.63, 3.8) is 0 Å². The number of hydrogen-bond donors (Lipinski definition) is 2. The maximum atomic E-state index is 9.63. The van der Waals surface area contributed by atoms with Crippen molar-refractivity contribution in [1.29, 1.82) is 0 Å². The lowest BCUT2D eigenvalue weighted by Crippen LogP contribution is -2.11. The Bertz CT molecular complexity index is 418. The van der Waals surface area contributed by atoms with Gasteiger partial charge in [-0.25, -0.2) is 29.2 Å². The van der Waals surface area contributed by atoms with Gasteiger partial charge in [0.15, 0.2) is 0 Å². The van der Waals surface area contributed by atoms with Crippen molar-refractivity contribution in [1.82, 2.24) is 0 Å². The van der Waals surface area contributed by atoms with E-state index in [0.717, 1.165) is 25.7 Å². The van der Waals surface area contributed by atoms with Gasteiger partial charge in [0.1, 0.15) is 0 Å². The number of carboxylic acids is 1. The number of carbonyl (C=O) groups excluding carboxylic acids is 3. The normalized spacial score (nSPS) is 7.92. The first-order valence-corrected chi connectivity index (χ1v) is 7.21. The molecule has 0 rings (SSSR count). The summed E-state index contributed by atoms with van der Waals surface area (Å²) in [6.07, 6.45) is 6.09. The molecule has 9 nitrogen and oxygen atoms in total. The van der Waals surface area contributed by atoms with Crippen molar-refractivity contribution in [2.24, 2.45) is 15.7 Å². The van der Waals surface area contributed by atoms with Gasteiger partial charge in [-0.2, -0.15) is 0 Å². The largest absolute Gasteiger partial charge is 0.478 e. The molecule has 0 saturated heterocycles. The first kappa shape index (κ1) is 26.2. The number of nitrogens with zero attached hydrogens (tertiary/aromatic N) is 2. The topological polar surface area (TPSA) is 148 Å². The lowest BCUT2D eigenvalue weighted by atomic mass is 10.2. The molecule has 0 saturated carbocycles. The summed E-state index contributed by atoms with van der Waals surface area (Å²) in [5.74, 6) is -0.935. The quantitative estimate of drug-likeness (QED) is 0.283. The Labute approximate surface area is 141 Å². The summed E-state index contributed by atoms with van der Waals surface area (Å²) in [5, 5.41) is 7.89. The number of ether oxygens (including phenoxy) is 1. The van der Waals surface area contributed by atoms with Crippen molar-refractivity contribution >= 4 is 24.2 Å². The SMILES string of the molecule is C=C(C)C(=O)O.CCOC(N)=O.O=C=NCCCCCCN=C=O. The molecule has 0 aromatic heterocycles. The maximum Gasteiger partial charge on any atom is 0.404 e. The van der Waals surface area contributed by atoms with Gasteiger partial charge in [0.2, 0.25) is 12.2 Å². The molecule has 136 valence electrons. The number of rotatable bonds is 9. The van der Waals surface area contributed by atoms with E-state index in [2.05, 4.69) is 27.0 Å². The Morgan fingerprint density at radius 1 is 1.08 bits per heavy atom. The van der Waals surface area contributed by atoms with Crippen molar-refractivity contribution in [3.8, 4) is 0 Å². The number of carbonyl (C=O) groups is 2. The smallest absolute Gasteiger partial charge is 0.404 e. The van der Waals surface area contributed by atoms with E-state index in [9.17, 15) is 19.2 Å². The van der Waals surface area contributed by atoms with Gasteiger partial charge in [0.05, 0.1) is 19.7 Å². The van der Waals surface area contributed by atoms with Crippen LogP contribution in [0.3, 0.4) is 0 Å². The third kappa shape index (κ3) is 36.5. The van der Waals surface area contributed by atoms with Gasteiger partial charge in [-0.1, -0.05) is 19.4 Å². The Morgan fingerprint density at radius 2 is 1.46 bits per heavy atom. The molecule has 0 aliphatic heterocycles. The first-order valence-electron chi connectivity index (χ1n) is 7.21. The highest BCUT2D eigenvalue weighted by molar-refractivity contribution is 5.84. The second kappa shape index (κ2) is 22.5. The van der Waals surface area contributed by atoms with Crippen LogP contribution in [0.5, 0.6) is 0 Å². The molecular formula is C15H25N3O6. The molecule has 0 radical (unpaired) electrons. The minimum absolute atomic E-state index is 0.176. The predicted octanol–water partition coefficient (Wildman–Crippen LogP) is 1.97. The lowest BCUT2D eigenvalue weighted by Gasteiger charge is -1.93. The van der Waals surface area contributed by atoms with E-state index in [1.165, 1.54) is 19.1 Å². The average Bonchev–Trinajstić information content (AvgIpc) is 2.51. The van der Waals surface area contributed by atoms with Gasteiger partial charge in [-0.15, -0.1) is 0 Å². The molecule has 0 fully saturated rings. The molecule has 0 spiro atoms. The summed E-state index contributed by atoms with van der Waals surface area (Å²) in [7, 11) is 0. The first-order chi connectivity index (χ1) is 11.3. The van der Waals surface area contributed by atoms with Crippen LogP contribution in [0, 0.1) is 0 Å². The summed E-state index contributed by atoms with van der Waals surface area (Å²) in [6, 6.07) is 0. The van der Waals surface area contributed by atoms with E-state index >= 15 is 0 Å². The molecule has 0 unspecified atom stereocenters. The molecule has 0 aromatic carbocycles. The Hall–Kier alpha value is -2.76. The zero-order valence-electron chi connectivity index (χ0n) is 14.1. The molecule has 24 heavy (non-hydrogen) atoms. The van der Waals surface area contributed by atoms with Crippen LogP contribution in [-0.4, -0.2) is 49.0 Å². The van der Waals surface area contributed by atoms with Gasteiger partial charge < -0.3 is 15.6 Å². The van der Waals surface area contributed by atoms with Gasteiger partial charge >= 0.3 is 12.1 Å². The summed E-state index contributed by atoms with van der Waals surface area (Å²) >= 11 is 0. The molecule has 0 aliphatic rings. The van der Waals surface area contributed by atoms with Crippen LogP contribution in [0.4, 0.5) is 4.79 Å². The maximum absolute atomic E-state index is 9.63. The highest BCUT2D eigenvalue weighted by Gasteiger charge is 1.90. The number of aliphatic imine (C=N–C) groups is 2. The number of unbranched alkanes of at least 4 members (excludes halogenated alkanes) is 3. The van der Waals surface area contributed by atoms with Crippen LogP contribution in [0.1, 0.15) is 39.5 Å². The average molecular weight is 343 g/mol. The molecule has 0 aliphatic carbocycles. The van der Waals surface area contributed by atoms with E-state index in [-0.39, 0.29) is 5.57 Å². The molecule has 0 heterocycles. The van der Waals surface area contributed by atoms with E-state index in [1.807, 2.05) is 0 Å². The number of primary amides is 1. The van der Waals surface area contributed by atoms with Crippen molar-refractivity contribution in [3.05, 3.63) is 12.2 Å². The molecule has 0 bridgehead atoms. The van der Waals surface area contributed by atoms with E-state index in [4.69, 9.17) is 5.11 Å². The molecule has 3 N–H and O–H groups in total. The zero-order valence-corrected chi connectivity index (χ0v) is 14.1. The van der Waals surface area contributed by atoms with Gasteiger partial charge in [-0.3, -0.25) is 0 Å². The van der Waals surface area contributed by atoms with Crippen LogP contribution < -0.4 is 5.73 Å². The van der Waals surface area contributed by atoms with Crippen LogP contribution in [0.25, 0.3) is 0 Å². The van der Waals surface area contributed by atoms with Crippen molar-refractivity contribution in [2.75, 3.05) is 19.7 Å². The fraction of sp³-hybridized carbons (Fsp3) is 0.600. The van der Waals surface area contributed by atoms with Crippen LogP contribution in [0.2, 0.25) is 0 Å². The van der Waals surface area contributed by atoms with E-state index in [0.29, 0.717) is 19.7 Å². The highest BCUT2D eigenvalue weighted by Crippen LogP contribution is 1.99. The molecule has 0 aromatic rings. The molecule has 1 amide bonds. The third-order valence-electron chi connectivity index (χ3n) is 2.07. The number of hydrogen-bond acceptors (Lipinski definition) is 7. The highest BCUT2D eigenvalue weighted by atomic mass is 16.5. The van der Waals surface area contributed by atoms with Crippen molar-refractivity contribution in [2.45, 2.75) is 39.5 Å². The molecule has 9 heteroatoms. The van der Waals surface area contributed by atoms with Gasteiger partial charge in [0, 0.05) is 5.57 Å². The Balaban J connectivity index is -0.000000309. The lowest BCUT2D eigenvalue weighted by molar-refractivity contribution is -0.132. The third-order valence-corrected chi connectivity index (χ3v) is 2.07. The standard InChI is InChI=1S/C8H12N2O2.C4H6O2.C3H7NO2/c11-7-9-5-3-1-2-4-6-10-8-12;1-3(2)4(5)6;1-2-6-3(4)5/h1-6H2;1H2,2H3,(H,5,6);2H2,1H3,(H2,4,5). The number of isocyanates is 2. The molecular weight excluding hydrogens is 318 g/mol. The van der Waals surface area contributed by atoms with E-state index in [1.54, 1.807) is 6.92 Å². The second-order valence-electron chi connectivity index (χ2n) is 4.20. The second-order valence-corrected chi connectivity index (χ2v) is 4.20. The fourth-order valence-electron chi connectivity index (χ4n) is 0.969. The Kier molecular flexibility index (Phi) is 24.5. The van der Waals surface area contributed by atoms with Crippen molar-refractivity contribution < 1.29 is 29.0 Å². The minimum atomic E-state index is -0.935. The Morgan fingerprint density at radius 3 is 1.62 bits per heavy atom. The minimum Gasteiger partial charge on any atom is -0.478 e. The predicted molar refractivity (Wildman–Crippen MR) is 88.1 cm³/mol. The number of nitrogens with two attached hydrogens (primary N) is 1. The summed E-state index contributed by atoms with van der Waals surface area (Å²) in [4.78, 5) is 45.3. The number of aliphatic carboxylic acids is 1. The van der Waals surface area contributed by atoms with Gasteiger partial charge in [-0.05, 0) is 26.7 Å². The monoisotopic (exact) mass is 343 g/mol. The molecule has 0 atom stereocenters. The van der Waals surface area contributed by atoms with Crippen LogP contribution in [-0.2, 0) is 19.1 Å². The summed E-state index contributed by atoms with van der Waals surface area (Å²) in [6.45, 7) is 7.77. The number of amides is 1. The summed E-state index contributed by atoms with van der Waals surface area (Å²) < 4.78 is 4.18. The number of carboxylic acid groups (broad SMARTS) is 1. The summed E-state index contributed by atoms with van der Waals surface area (Å²) in [5.41, 5.74) is 4.72. The fourth-order valence-corrected chi connectivity index (χ4v) is 0.969. The van der Waals surface area contributed by atoms with Crippen LogP contribution in [0.15, 0.2) is 22.1 Å². The van der Waals surface area contributed by atoms with Crippen LogP contribution >= 0.6 is 0 Å². The zero-order chi connectivity index (χ0) is 19.2. The van der Waals surface area contributed by atoms with Gasteiger partial charge in [0.25, 0.3) is 0 Å².